The number of hydrogen-bond acceptors (Lipinski definition) is 4. The molecule has 1 aliphatic rings. The summed E-state index contributed by atoms with van der Waals surface area (Å²) in [6.45, 7) is 3.06. The van der Waals surface area contributed by atoms with Gasteiger partial charge in [0.15, 0.2) is 11.3 Å². The lowest BCUT2D eigenvalue weighted by atomic mass is 10.2. The molecule has 2 aromatic carbocycles. The summed E-state index contributed by atoms with van der Waals surface area (Å²) in [5, 5.41) is 0.785. The Morgan fingerprint density at radius 3 is 2.54 bits per heavy atom. The largest absolute Gasteiger partial charge is 0.481 e. The molecule has 0 N–H and O–H groups in total. The van der Waals surface area contributed by atoms with Crippen molar-refractivity contribution in [3.05, 3.63) is 66.2 Å². The van der Waals surface area contributed by atoms with Crippen molar-refractivity contribution in [1.29, 1.82) is 0 Å². The molecule has 2 aromatic rings. The summed E-state index contributed by atoms with van der Waals surface area (Å²) in [6, 6.07) is 19.6. The van der Waals surface area contributed by atoms with Gasteiger partial charge in [-0.1, -0.05) is 60.3 Å². The van der Waals surface area contributed by atoms with Gasteiger partial charge < -0.3 is 4.74 Å². The van der Waals surface area contributed by atoms with Crippen LogP contribution in [0.1, 0.15) is 12.5 Å². The first-order chi connectivity index (χ1) is 11.7. The van der Waals surface area contributed by atoms with Crippen LogP contribution in [0.3, 0.4) is 0 Å². The van der Waals surface area contributed by atoms with Crippen molar-refractivity contribution in [2.75, 3.05) is 13.1 Å². The molecule has 1 heterocycles. The quantitative estimate of drug-likeness (QED) is 0.835. The zero-order valence-electron chi connectivity index (χ0n) is 13.6. The van der Waals surface area contributed by atoms with Crippen molar-refractivity contribution in [3.63, 3.8) is 0 Å². The molecule has 5 heteroatoms. The van der Waals surface area contributed by atoms with Gasteiger partial charge in [0.2, 0.25) is 0 Å². The van der Waals surface area contributed by atoms with Crippen molar-refractivity contribution in [1.82, 2.24) is 4.90 Å². The van der Waals surface area contributed by atoms with E-state index >= 15 is 0 Å². The smallest absolute Gasteiger partial charge is 0.269 e. The highest BCUT2D eigenvalue weighted by molar-refractivity contribution is 8.13. The number of rotatable bonds is 5. The number of nitrogens with zero attached hydrogens (tertiary/aromatic N) is 2. The van der Waals surface area contributed by atoms with Gasteiger partial charge in [-0.3, -0.25) is 14.7 Å². The van der Waals surface area contributed by atoms with Gasteiger partial charge in [-0.2, -0.15) is 0 Å². The maximum absolute atomic E-state index is 12.7. The Morgan fingerprint density at radius 1 is 1.17 bits per heavy atom. The molecule has 0 unspecified atom stereocenters. The summed E-state index contributed by atoms with van der Waals surface area (Å²) in [7, 11) is 0. The number of hydrogen-bond donors (Lipinski definition) is 0. The maximum Gasteiger partial charge on any atom is 0.269 e. The SMILES string of the molecule is C[C@H](Oc1ccccc1)C(=O)N1CCN=C1SCc1ccccc1. The fourth-order valence-corrected chi connectivity index (χ4v) is 3.46. The number of carbonyl (C=O) groups is 1. The molecule has 1 amide bonds. The molecule has 0 fully saturated rings. The van der Waals surface area contributed by atoms with Crippen molar-refractivity contribution in [2.45, 2.75) is 18.8 Å². The predicted molar refractivity (Wildman–Crippen MR) is 98.3 cm³/mol. The van der Waals surface area contributed by atoms with E-state index in [1.807, 2.05) is 48.5 Å². The summed E-state index contributed by atoms with van der Waals surface area (Å²) >= 11 is 1.60. The van der Waals surface area contributed by atoms with Crippen molar-refractivity contribution in [3.8, 4) is 5.75 Å². The van der Waals surface area contributed by atoms with E-state index in [4.69, 9.17) is 4.74 Å². The molecular weight excluding hydrogens is 320 g/mol. The fraction of sp³-hybridized carbons (Fsp3) is 0.263. The van der Waals surface area contributed by atoms with Crippen LogP contribution < -0.4 is 4.74 Å². The number of amidine groups is 1. The Labute approximate surface area is 146 Å². The molecule has 0 bridgehead atoms. The first-order valence-corrected chi connectivity index (χ1v) is 8.97. The third kappa shape index (κ3) is 4.17. The van der Waals surface area contributed by atoms with Gasteiger partial charge >= 0.3 is 0 Å². The first kappa shape index (κ1) is 16.6. The fourth-order valence-electron chi connectivity index (χ4n) is 2.45. The molecule has 24 heavy (non-hydrogen) atoms. The van der Waals surface area contributed by atoms with Crippen LogP contribution in [-0.4, -0.2) is 35.2 Å². The van der Waals surface area contributed by atoms with Crippen LogP contribution in [0.2, 0.25) is 0 Å². The molecule has 0 spiro atoms. The molecule has 124 valence electrons. The van der Waals surface area contributed by atoms with Gasteiger partial charge in [-0.15, -0.1) is 0 Å². The highest BCUT2D eigenvalue weighted by Crippen LogP contribution is 2.21. The second-order valence-corrected chi connectivity index (χ2v) is 6.44. The minimum Gasteiger partial charge on any atom is -0.481 e. The molecule has 0 saturated carbocycles. The zero-order valence-corrected chi connectivity index (χ0v) is 14.4. The van der Waals surface area contributed by atoms with Crippen LogP contribution in [0.15, 0.2) is 65.7 Å². The molecule has 0 aromatic heterocycles. The third-order valence-corrected chi connectivity index (χ3v) is 4.77. The van der Waals surface area contributed by atoms with Crippen molar-refractivity contribution >= 4 is 22.8 Å². The topological polar surface area (TPSA) is 41.9 Å². The van der Waals surface area contributed by atoms with Gasteiger partial charge in [0, 0.05) is 12.3 Å². The van der Waals surface area contributed by atoms with E-state index in [1.165, 1.54) is 5.56 Å². The molecule has 1 aliphatic heterocycles. The Kier molecular flexibility index (Phi) is 5.54. The number of thioether (sulfide) groups is 1. The van der Waals surface area contributed by atoms with Crippen LogP contribution in [0.25, 0.3) is 0 Å². The van der Waals surface area contributed by atoms with E-state index in [1.54, 1.807) is 23.6 Å². The Hall–Kier alpha value is -2.27. The average molecular weight is 340 g/mol. The molecule has 0 radical (unpaired) electrons. The van der Waals surface area contributed by atoms with E-state index in [0.29, 0.717) is 18.8 Å². The van der Waals surface area contributed by atoms with Crippen molar-refractivity contribution in [2.24, 2.45) is 4.99 Å². The average Bonchev–Trinajstić information content (AvgIpc) is 3.09. The lowest BCUT2D eigenvalue weighted by Crippen LogP contribution is -2.41. The first-order valence-electron chi connectivity index (χ1n) is 7.98. The van der Waals surface area contributed by atoms with Gasteiger partial charge in [-0.05, 0) is 24.6 Å². The maximum atomic E-state index is 12.7. The number of benzene rings is 2. The number of para-hydroxylation sites is 1. The molecular formula is C19H20N2O2S. The predicted octanol–water partition coefficient (Wildman–Crippen LogP) is 3.59. The summed E-state index contributed by atoms with van der Waals surface area (Å²) < 4.78 is 5.74. The van der Waals surface area contributed by atoms with Crippen LogP contribution in [-0.2, 0) is 10.5 Å². The third-order valence-electron chi connectivity index (χ3n) is 3.68. The minimum atomic E-state index is -0.534. The van der Waals surface area contributed by atoms with Crippen LogP contribution in [0, 0.1) is 0 Å². The second kappa shape index (κ2) is 8.02. The lowest BCUT2D eigenvalue weighted by molar-refractivity contribution is -0.133. The Morgan fingerprint density at radius 2 is 1.83 bits per heavy atom. The zero-order chi connectivity index (χ0) is 16.8. The summed E-state index contributed by atoms with van der Waals surface area (Å²) in [4.78, 5) is 18.9. The van der Waals surface area contributed by atoms with E-state index in [-0.39, 0.29) is 5.91 Å². The van der Waals surface area contributed by atoms with Crippen LogP contribution in [0.5, 0.6) is 5.75 Å². The van der Waals surface area contributed by atoms with Crippen molar-refractivity contribution < 1.29 is 9.53 Å². The second-order valence-electron chi connectivity index (χ2n) is 5.50. The minimum absolute atomic E-state index is 0.0457. The van der Waals surface area contributed by atoms with Gasteiger partial charge in [-0.25, -0.2) is 0 Å². The van der Waals surface area contributed by atoms with E-state index in [9.17, 15) is 4.79 Å². The standard InChI is InChI=1S/C19H20N2O2S/c1-15(23-17-10-6-3-7-11-17)18(22)21-13-12-20-19(21)24-14-16-8-4-2-5-9-16/h2-11,15H,12-14H2,1H3/t15-/m0/s1. The van der Waals surface area contributed by atoms with E-state index in [2.05, 4.69) is 17.1 Å². The molecule has 0 aliphatic carbocycles. The van der Waals surface area contributed by atoms with E-state index < -0.39 is 6.10 Å². The van der Waals surface area contributed by atoms with Gasteiger partial charge in [0.25, 0.3) is 5.91 Å². The van der Waals surface area contributed by atoms with Gasteiger partial charge in [0.05, 0.1) is 6.54 Å². The monoisotopic (exact) mass is 340 g/mol. The van der Waals surface area contributed by atoms with E-state index in [0.717, 1.165) is 10.9 Å². The molecule has 3 rings (SSSR count). The molecule has 4 nitrogen and oxygen atoms in total. The number of carbonyl (C=O) groups excluding carboxylic acids is 1. The highest BCUT2D eigenvalue weighted by Gasteiger charge is 2.29. The molecule has 1 atom stereocenters. The number of amides is 1. The number of aliphatic imine (C=N–C) groups is 1. The lowest BCUT2D eigenvalue weighted by Gasteiger charge is -2.22. The number of ether oxygens (including phenoxy) is 1. The van der Waals surface area contributed by atoms with Crippen LogP contribution in [0.4, 0.5) is 0 Å². The normalized spacial score (nSPS) is 15.0. The summed E-state index contributed by atoms with van der Waals surface area (Å²) in [6.07, 6.45) is -0.534. The Bertz CT molecular complexity index is 704. The van der Waals surface area contributed by atoms with Gasteiger partial charge in [0.1, 0.15) is 5.75 Å². The Balaban J connectivity index is 1.58. The van der Waals surface area contributed by atoms with Crippen LogP contribution >= 0.6 is 11.8 Å². The summed E-state index contributed by atoms with van der Waals surface area (Å²) in [5.74, 6) is 1.46. The highest BCUT2D eigenvalue weighted by atomic mass is 32.2. The molecule has 0 saturated heterocycles. The summed E-state index contributed by atoms with van der Waals surface area (Å²) in [5.41, 5.74) is 1.22.